The van der Waals surface area contributed by atoms with Crippen LogP contribution in [0.25, 0.3) is 10.9 Å². The van der Waals surface area contributed by atoms with Crippen LogP contribution in [0.3, 0.4) is 0 Å². The summed E-state index contributed by atoms with van der Waals surface area (Å²) in [5.74, 6) is -0.616. The molecule has 4 heteroatoms. The number of nitrogens with zero attached hydrogens (tertiary/aromatic N) is 1. The molecule has 2 rings (SSSR count). The lowest BCUT2D eigenvalue weighted by Gasteiger charge is -2.04. The summed E-state index contributed by atoms with van der Waals surface area (Å²) in [4.78, 5) is 14.7. The van der Waals surface area contributed by atoms with Gasteiger partial charge in [0.25, 0.3) is 0 Å². The Hall–Kier alpha value is -2.10. The fourth-order valence-electron chi connectivity index (χ4n) is 1.48. The number of benzene rings is 1. The van der Waals surface area contributed by atoms with Crippen molar-refractivity contribution in [2.24, 2.45) is 0 Å². The number of carboxylic acid groups (broad SMARTS) is 1. The third-order valence-electron chi connectivity index (χ3n) is 2.18. The summed E-state index contributed by atoms with van der Waals surface area (Å²) in [6.07, 6.45) is -0.0936. The number of anilines is 1. The highest BCUT2D eigenvalue weighted by Gasteiger charge is 2.07. The van der Waals surface area contributed by atoms with Crippen molar-refractivity contribution < 1.29 is 9.90 Å². The molecule has 0 spiro atoms. The van der Waals surface area contributed by atoms with E-state index in [4.69, 9.17) is 10.8 Å². The molecule has 0 fully saturated rings. The van der Waals surface area contributed by atoms with Crippen LogP contribution in [0.4, 0.5) is 5.82 Å². The number of aliphatic carboxylic acids is 1. The van der Waals surface area contributed by atoms with Crippen molar-refractivity contribution in [1.29, 1.82) is 0 Å². The molecule has 0 bridgehead atoms. The Morgan fingerprint density at radius 2 is 2.13 bits per heavy atom. The molecule has 15 heavy (non-hydrogen) atoms. The van der Waals surface area contributed by atoms with Crippen molar-refractivity contribution in [2.75, 3.05) is 5.73 Å². The fraction of sp³-hybridized carbons (Fsp3) is 0.0909. The number of carbonyl (C=O) groups is 1. The van der Waals surface area contributed by atoms with Gasteiger partial charge in [0.05, 0.1) is 11.9 Å². The average Bonchev–Trinajstić information content (AvgIpc) is 2.18. The first-order valence-electron chi connectivity index (χ1n) is 4.53. The van der Waals surface area contributed by atoms with E-state index in [9.17, 15) is 4.79 Å². The number of hydrogen-bond donors (Lipinski definition) is 2. The first-order chi connectivity index (χ1) is 7.16. The largest absolute Gasteiger partial charge is 0.481 e. The van der Waals surface area contributed by atoms with Crippen molar-refractivity contribution >= 4 is 22.7 Å². The minimum atomic E-state index is -0.904. The maximum absolute atomic E-state index is 10.6. The minimum Gasteiger partial charge on any atom is -0.481 e. The van der Waals surface area contributed by atoms with Gasteiger partial charge in [-0.2, -0.15) is 0 Å². The van der Waals surface area contributed by atoms with Crippen molar-refractivity contribution in [1.82, 2.24) is 4.98 Å². The lowest BCUT2D eigenvalue weighted by Crippen LogP contribution is -2.05. The van der Waals surface area contributed by atoms with Gasteiger partial charge in [0, 0.05) is 10.9 Å². The zero-order valence-corrected chi connectivity index (χ0v) is 7.97. The molecule has 0 amide bonds. The fourth-order valence-corrected chi connectivity index (χ4v) is 1.48. The maximum Gasteiger partial charge on any atom is 0.307 e. The van der Waals surface area contributed by atoms with Gasteiger partial charge in [-0.25, -0.2) is 4.98 Å². The normalized spacial score (nSPS) is 10.4. The second-order valence-corrected chi connectivity index (χ2v) is 3.30. The van der Waals surface area contributed by atoms with Gasteiger partial charge in [-0.15, -0.1) is 0 Å². The molecule has 0 saturated heterocycles. The minimum absolute atomic E-state index is 0.0936. The Morgan fingerprint density at radius 3 is 2.87 bits per heavy atom. The van der Waals surface area contributed by atoms with Gasteiger partial charge in [0.15, 0.2) is 0 Å². The molecule has 0 aliphatic carbocycles. The monoisotopic (exact) mass is 202 g/mol. The van der Waals surface area contributed by atoms with E-state index in [2.05, 4.69) is 4.98 Å². The highest BCUT2D eigenvalue weighted by Crippen LogP contribution is 2.18. The van der Waals surface area contributed by atoms with Crippen molar-refractivity contribution in [2.45, 2.75) is 6.42 Å². The van der Waals surface area contributed by atoms with Crippen molar-refractivity contribution in [3.63, 3.8) is 0 Å². The lowest BCUT2D eigenvalue weighted by atomic mass is 10.1. The van der Waals surface area contributed by atoms with E-state index in [-0.39, 0.29) is 12.2 Å². The number of carboxylic acids is 1. The SMILES string of the molecule is Nc1nc2ccccc2cc1CC(=O)O. The summed E-state index contributed by atoms with van der Waals surface area (Å²) >= 11 is 0. The molecule has 3 N–H and O–H groups in total. The van der Waals surface area contributed by atoms with Crippen LogP contribution in [0.15, 0.2) is 30.3 Å². The number of hydrogen-bond acceptors (Lipinski definition) is 3. The van der Waals surface area contributed by atoms with Gasteiger partial charge in [0.1, 0.15) is 5.82 Å². The van der Waals surface area contributed by atoms with Gasteiger partial charge in [-0.3, -0.25) is 4.79 Å². The van der Waals surface area contributed by atoms with Crippen LogP contribution >= 0.6 is 0 Å². The summed E-state index contributed by atoms with van der Waals surface area (Å²) in [6.45, 7) is 0. The third-order valence-corrected chi connectivity index (χ3v) is 2.18. The first kappa shape index (κ1) is 9.45. The van der Waals surface area contributed by atoms with E-state index in [1.54, 1.807) is 6.07 Å². The Labute approximate surface area is 86.4 Å². The molecule has 2 aromatic rings. The molecule has 0 unspecified atom stereocenters. The van der Waals surface area contributed by atoms with E-state index in [0.717, 1.165) is 10.9 Å². The Balaban J connectivity index is 2.56. The van der Waals surface area contributed by atoms with Crippen LogP contribution in [-0.4, -0.2) is 16.1 Å². The molecule has 1 heterocycles. The van der Waals surface area contributed by atoms with Crippen LogP contribution in [0.5, 0.6) is 0 Å². The molecule has 76 valence electrons. The number of para-hydroxylation sites is 1. The van der Waals surface area contributed by atoms with Crippen LogP contribution < -0.4 is 5.73 Å². The summed E-state index contributed by atoms with van der Waals surface area (Å²) in [5, 5.41) is 9.59. The predicted molar refractivity (Wildman–Crippen MR) is 57.5 cm³/mol. The highest BCUT2D eigenvalue weighted by atomic mass is 16.4. The zero-order chi connectivity index (χ0) is 10.8. The van der Waals surface area contributed by atoms with Crippen LogP contribution in [0, 0.1) is 0 Å². The van der Waals surface area contributed by atoms with E-state index in [0.29, 0.717) is 5.56 Å². The molecule has 0 aliphatic rings. The topological polar surface area (TPSA) is 76.2 Å². The first-order valence-corrected chi connectivity index (χ1v) is 4.53. The average molecular weight is 202 g/mol. The number of aromatic nitrogens is 1. The Kier molecular flexibility index (Phi) is 2.25. The molecule has 1 aromatic heterocycles. The van der Waals surface area contributed by atoms with E-state index in [1.807, 2.05) is 24.3 Å². The predicted octanol–water partition coefficient (Wildman–Crippen LogP) is 1.44. The molecule has 1 aromatic carbocycles. The highest BCUT2D eigenvalue weighted by molar-refractivity contribution is 5.83. The van der Waals surface area contributed by atoms with Gasteiger partial charge in [0.2, 0.25) is 0 Å². The lowest BCUT2D eigenvalue weighted by molar-refractivity contribution is -0.136. The molecule has 0 atom stereocenters. The van der Waals surface area contributed by atoms with E-state index < -0.39 is 5.97 Å². The summed E-state index contributed by atoms with van der Waals surface area (Å²) in [6, 6.07) is 9.24. The summed E-state index contributed by atoms with van der Waals surface area (Å²) < 4.78 is 0. The third kappa shape index (κ3) is 1.88. The van der Waals surface area contributed by atoms with Crippen molar-refractivity contribution in [3.05, 3.63) is 35.9 Å². The molecular formula is C11H10N2O2. The second kappa shape index (κ2) is 3.57. The van der Waals surface area contributed by atoms with Crippen molar-refractivity contribution in [3.8, 4) is 0 Å². The second-order valence-electron chi connectivity index (χ2n) is 3.30. The quantitative estimate of drug-likeness (QED) is 0.772. The molecule has 4 nitrogen and oxygen atoms in total. The maximum atomic E-state index is 10.6. The van der Waals surface area contributed by atoms with Crippen LogP contribution in [0.1, 0.15) is 5.56 Å². The Bertz CT molecular complexity index is 523. The standard InChI is InChI=1S/C11H10N2O2/c12-11-8(6-10(14)15)5-7-3-1-2-4-9(7)13-11/h1-5H,6H2,(H2,12,13)(H,14,15). The van der Waals surface area contributed by atoms with Gasteiger partial charge in [-0.1, -0.05) is 18.2 Å². The number of nitrogens with two attached hydrogens (primary N) is 1. The van der Waals surface area contributed by atoms with Crippen LogP contribution in [0.2, 0.25) is 0 Å². The molecule has 0 radical (unpaired) electrons. The molecular weight excluding hydrogens is 192 g/mol. The van der Waals surface area contributed by atoms with E-state index >= 15 is 0 Å². The van der Waals surface area contributed by atoms with E-state index in [1.165, 1.54) is 0 Å². The number of nitrogen functional groups attached to an aromatic ring is 1. The van der Waals surface area contributed by atoms with Gasteiger partial charge >= 0.3 is 5.97 Å². The smallest absolute Gasteiger partial charge is 0.307 e. The number of rotatable bonds is 2. The van der Waals surface area contributed by atoms with Gasteiger partial charge < -0.3 is 10.8 Å². The molecule has 0 saturated carbocycles. The Morgan fingerprint density at radius 1 is 1.40 bits per heavy atom. The van der Waals surface area contributed by atoms with Crippen LogP contribution in [-0.2, 0) is 11.2 Å². The summed E-state index contributed by atoms with van der Waals surface area (Å²) in [7, 11) is 0. The van der Waals surface area contributed by atoms with Gasteiger partial charge in [-0.05, 0) is 12.1 Å². The number of fused-ring (bicyclic) bond motifs is 1. The zero-order valence-electron chi connectivity index (χ0n) is 7.97. The number of pyridine rings is 1. The summed E-state index contributed by atoms with van der Waals surface area (Å²) in [5.41, 5.74) is 7.00. The molecule has 0 aliphatic heterocycles.